The van der Waals surface area contributed by atoms with Crippen molar-refractivity contribution in [2.24, 2.45) is 0 Å². The second-order valence-corrected chi connectivity index (χ2v) is 4.33. The first-order valence-electron chi connectivity index (χ1n) is 6.10. The first-order chi connectivity index (χ1) is 9.31. The summed E-state index contributed by atoms with van der Waals surface area (Å²) >= 11 is 0. The molecular weight excluding hydrogens is 246 g/mol. The minimum atomic E-state index is -0.509. The first kappa shape index (κ1) is 11.9. The quantitative estimate of drug-likeness (QED) is 0.843. The van der Waals surface area contributed by atoms with Crippen LogP contribution in [0.1, 0.15) is 0 Å². The molecule has 0 aliphatic carbocycles. The summed E-state index contributed by atoms with van der Waals surface area (Å²) in [4.78, 5) is 0. The number of hydrogen-bond acceptors (Lipinski definition) is 5. The summed E-state index contributed by atoms with van der Waals surface area (Å²) in [7, 11) is 0. The summed E-state index contributed by atoms with van der Waals surface area (Å²) in [6.45, 7) is 1.17. The molecule has 1 aliphatic rings. The smallest absolute Gasteiger partial charge is 0.231 e. The number of fused-ring (bicyclic) bond motifs is 1. The Hall–Kier alpha value is -2.21. The van der Waals surface area contributed by atoms with E-state index in [1.807, 2.05) is 30.5 Å². The maximum atomic E-state index is 9.90. The number of nitrogens with zero attached hydrogens (tertiary/aromatic N) is 2. The fourth-order valence-corrected chi connectivity index (χ4v) is 1.93. The lowest BCUT2D eigenvalue weighted by Crippen LogP contribution is -2.25. The van der Waals surface area contributed by atoms with Crippen LogP contribution in [0.3, 0.4) is 0 Å². The summed E-state index contributed by atoms with van der Waals surface area (Å²) in [6.07, 6.45) is 3.01. The number of anilines is 1. The SMILES string of the molecule is OC(CNc1ccc2c(c1)OCO2)Cn1cccn1. The molecule has 0 radical (unpaired) electrons. The van der Waals surface area contributed by atoms with Gasteiger partial charge < -0.3 is 19.9 Å². The first-order valence-corrected chi connectivity index (χ1v) is 6.10. The van der Waals surface area contributed by atoms with Crippen molar-refractivity contribution in [2.45, 2.75) is 12.6 Å². The monoisotopic (exact) mass is 261 g/mol. The van der Waals surface area contributed by atoms with Crippen LogP contribution in [-0.4, -0.2) is 34.3 Å². The number of nitrogens with one attached hydrogen (secondary N) is 1. The Morgan fingerprint density at radius 1 is 1.37 bits per heavy atom. The maximum Gasteiger partial charge on any atom is 0.231 e. The van der Waals surface area contributed by atoms with Gasteiger partial charge in [0.2, 0.25) is 6.79 Å². The molecule has 2 heterocycles. The molecule has 0 saturated heterocycles. The largest absolute Gasteiger partial charge is 0.454 e. The molecule has 1 unspecified atom stereocenters. The van der Waals surface area contributed by atoms with Gasteiger partial charge in [-0.1, -0.05) is 0 Å². The average Bonchev–Trinajstić information content (AvgIpc) is 3.06. The topological polar surface area (TPSA) is 68.5 Å². The molecule has 2 N–H and O–H groups in total. The van der Waals surface area contributed by atoms with Crippen molar-refractivity contribution in [1.82, 2.24) is 9.78 Å². The molecule has 2 aromatic rings. The van der Waals surface area contributed by atoms with E-state index in [1.165, 1.54) is 0 Å². The van der Waals surface area contributed by atoms with E-state index in [9.17, 15) is 5.11 Å². The lowest BCUT2D eigenvalue weighted by Gasteiger charge is -2.13. The van der Waals surface area contributed by atoms with Gasteiger partial charge in [0.1, 0.15) is 0 Å². The van der Waals surface area contributed by atoms with Crippen molar-refractivity contribution < 1.29 is 14.6 Å². The van der Waals surface area contributed by atoms with Gasteiger partial charge in [-0.3, -0.25) is 4.68 Å². The van der Waals surface area contributed by atoms with Crippen molar-refractivity contribution in [1.29, 1.82) is 0 Å². The predicted octanol–water partition coefficient (Wildman–Crippen LogP) is 1.08. The standard InChI is InChI=1S/C13H15N3O3/c17-11(8-16-5-1-4-15-16)7-14-10-2-3-12-13(6-10)19-9-18-12/h1-6,11,14,17H,7-9H2. The lowest BCUT2D eigenvalue weighted by atomic mass is 10.2. The van der Waals surface area contributed by atoms with Gasteiger partial charge in [-0.2, -0.15) is 5.10 Å². The molecule has 1 atom stereocenters. The van der Waals surface area contributed by atoms with Crippen molar-refractivity contribution in [3.63, 3.8) is 0 Å². The fourth-order valence-electron chi connectivity index (χ4n) is 1.93. The molecule has 3 rings (SSSR count). The molecule has 0 bridgehead atoms. The molecule has 6 nitrogen and oxygen atoms in total. The van der Waals surface area contributed by atoms with Crippen molar-refractivity contribution in [2.75, 3.05) is 18.7 Å². The third kappa shape index (κ3) is 2.79. The minimum Gasteiger partial charge on any atom is -0.454 e. The van der Waals surface area contributed by atoms with Crippen LogP contribution >= 0.6 is 0 Å². The van der Waals surface area contributed by atoms with Gasteiger partial charge >= 0.3 is 0 Å². The highest BCUT2D eigenvalue weighted by Gasteiger charge is 2.13. The van der Waals surface area contributed by atoms with E-state index in [4.69, 9.17) is 9.47 Å². The molecule has 0 saturated carbocycles. The highest BCUT2D eigenvalue weighted by Crippen LogP contribution is 2.34. The third-order valence-corrected chi connectivity index (χ3v) is 2.87. The molecule has 100 valence electrons. The zero-order valence-electron chi connectivity index (χ0n) is 10.3. The lowest BCUT2D eigenvalue weighted by molar-refractivity contribution is 0.161. The number of rotatable bonds is 5. The molecule has 0 spiro atoms. The number of hydrogen-bond donors (Lipinski definition) is 2. The molecule has 1 aliphatic heterocycles. The van der Waals surface area contributed by atoms with Crippen LogP contribution in [0.15, 0.2) is 36.7 Å². The average molecular weight is 261 g/mol. The van der Waals surface area contributed by atoms with Gasteiger partial charge in [-0.15, -0.1) is 0 Å². The van der Waals surface area contributed by atoms with E-state index in [2.05, 4.69) is 10.4 Å². The molecule has 0 amide bonds. The highest BCUT2D eigenvalue weighted by atomic mass is 16.7. The molecule has 1 aromatic carbocycles. The Balaban J connectivity index is 1.54. The normalized spacial score (nSPS) is 14.4. The van der Waals surface area contributed by atoms with Crippen molar-refractivity contribution in [3.8, 4) is 11.5 Å². The molecule has 0 fully saturated rings. The Bertz CT molecular complexity index is 542. The minimum absolute atomic E-state index is 0.265. The van der Waals surface area contributed by atoms with E-state index in [0.717, 1.165) is 17.2 Å². The number of ether oxygens (including phenoxy) is 2. The van der Waals surface area contributed by atoms with Crippen LogP contribution in [0.25, 0.3) is 0 Å². The maximum absolute atomic E-state index is 9.90. The number of benzene rings is 1. The summed E-state index contributed by atoms with van der Waals surface area (Å²) in [6, 6.07) is 7.44. The van der Waals surface area contributed by atoms with E-state index in [1.54, 1.807) is 10.9 Å². The van der Waals surface area contributed by atoms with Gasteiger partial charge in [0, 0.05) is 30.7 Å². The van der Waals surface area contributed by atoms with Gasteiger partial charge in [-0.25, -0.2) is 0 Å². The molecule has 6 heteroatoms. The van der Waals surface area contributed by atoms with E-state index < -0.39 is 6.10 Å². The van der Waals surface area contributed by atoms with Gasteiger partial charge in [0.05, 0.1) is 12.6 Å². The Labute approximate surface area is 110 Å². The fraction of sp³-hybridized carbons (Fsp3) is 0.308. The third-order valence-electron chi connectivity index (χ3n) is 2.87. The van der Waals surface area contributed by atoms with Crippen LogP contribution < -0.4 is 14.8 Å². The van der Waals surface area contributed by atoms with Crippen LogP contribution in [0.2, 0.25) is 0 Å². The molecule has 19 heavy (non-hydrogen) atoms. The summed E-state index contributed by atoms with van der Waals surface area (Å²) < 4.78 is 12.2. The summed E-state index contributed by atoms with van der Waals surface area (Å²) in [5, 5.41) is 17.1. The van der Waals surface area contributed by atoms with E-state index in [-0.39, 0.29) is 6.79 Å². The predicted molar refractivity (Wildman–Crippen MR) is 69.3 cm³/mol. The Morgan fingerprint density at radius 3 is 3.11 bits per heavy atom. The zero-order valence-corrected chi connectivity index (χ0v) is 10.3. The van der Waals surface area contributed by atoms with Crippen LogP contribution in [0.4, 0.5) is 5.69 Å². The number of aliphatic hydroxyl groups is 1. The zero-order chi connectivity index (χ0) is 13.1. The van der Waals surface area contributed by atoms with Crippen LogP contribution in [0.5, 0.6) is 11.5 Å². The van der Waals surface area contributed by atoms with Gasteiger partial charge in [0.25, 0.3) is 0 Å². The summed E-state index contributed by atoms with van der Waals surface area (Å²) in [5.41, 5.74) is 0.892. The van der Waals surface area contributed by atoms with Crippen LogP contribution in [0, 0.1) is 0 Å². The number of aromatic nitrogens is 2. The van der Waals surface area contributed by atoms with E-state index in [0.29, 0.717) is 13.1 Å². The second kappa shape index (κ2) is 5.19. The van der Waals surface area contributed by atoms with Crippen LogP contribution in [-0.2, 0) is 6.54 Å². The van der Waals surface area contributed by atoms with Gasteiger partial charge in [0.15, 0.2) is 11.5 Å². The Morgan fingerprint density at radius 2 is 2.26 bits per heavy atom. The van der Waals surface area contributed by atoms with Crippen molar-refractivity contribution >= 4 is 5.69 Å². The molecular formula is C13H15N3O3. The highest BCUT2D eigenvalue weighted by molar-refractivity contribution is 5.55. The van der Waals surface area contributed by atoms with Crippen molar-refractivity contribution in [3.05, 3.63) is 36.7 Å². The van der Waals surface area contributed by atoms with E-state index >= 15 is 0 Å². The summed E-state index contributed by atoms with van der Waals surface area (Å²) in [5.74, 6) is 1.48. The number of aliphatic hydroxyl groups excluding tert-OH is 1. The second-order valence-electron chi connectivity index (χ2n) is 4.33. The molecule has 1 aromatic heterocycles. The van der Waals surface area contributed by atoms with Gasteiger partial charge in [-0.05, 0) is 18.2 Å². The Kier molecular flexibility index (Phi) is 3.24.